The van der Waals surface area contributed by atoms with E-state index in [0.717, 1.165) is 6.54 Å². The minimum Gasteiger partial charge on any atom is -0.375 e. The lowest BCUT2D eigenvalue weighted by Gasteiger charge is -2.22. The molecule has 0 radical (unpaired) electrons. The number of halogens is 1. The summed E-state index contributed by atoms with van der Waals surface area (Å²) in [6, 6.07) is 0.0669. The van der Waals surface area contributed by atoms with Crippen LogP contribution >= 0.6 is 12.4 Å². The lowest BCUT2D eigenvalue weighted by Crippen LogP contribution is -2.43. The van der Waals surface area contributed by atoms with E-state index < -0.39 is 9.84 Å². The summed E-state index contributed by atoms with van der Waals surface area (Å²) in [5.74, 6) is 0.825. The van der Waals surface area contributed by atoms with Gasteiger partial charge in [0.2, 0.25) is 5.91 Å². The molecule has 1 fully saturated rings. The number of carbonyl (C=O) groups excluding carboxylic acids is 1. The molecule has 21 heavy (non-hydrogen) atoms. The highest BCUT2D eigenvalue weighted by molar-refractivity contribution is 7.90. The fourth-order valence-electron chi connectivity index (χ4n) is 2.60. The summed E-state index contributed by atoms with van der Waals surface area (Å²) in [4.78, 5) is 13.8. The fraction of sp³-hybridized carbons (Fsp3) is 0.923. The predicted octanol–water partition coefficient (Wildman–Crippen LogP) is 0.172. The molecule has 0 spiro atoms. The monoisotopic (exact) mass is 342 g/mol. The van der Waals surface area contributed by atoms with Crippen LogP contribution in [0.3, 0.4) is 0 Å². The standard InChI is InChI=1S/C13H26N2O4S.ClH/c1-10(2)11-7-15(5-6-20(4,17)18)8-12(11)14-13(16)9-19-3;/h10-12H,5-9H2,1-4H3,(H,14,16);1H/t11-,12+;/m1./s1. The van der Waals surface area contributed by atoms with Gasteiger partial charge in [0.05, 0.1) is 5.75 Å². The zero-order valence-corrected chi connectivity index (χ0v) is 14.8. The first-order valence-electron chi connectivity index (χ1n) is 6.91. The molecule has 0 aliphatic carbocycles. The number of carbonyl (C=O) groups is 1. The van der Waals surface area contributed by atoms with Crippen molar-refractivity contribution in [3.8, 4) is 0 Å². The van der Waals surface area contributed by atoms with Gasteiger partial charge in [-0.05, 0) is 11.8 Å². The van der Waals surface area contributed by atoms with E-state index in [9.17, 15) is 13.2 Å². The third-order valence-corrected chi connectivity index (χ3v) is 4.62. The van der Waals surface area contributed by atoms with Crippen molar-refractivity contribution in [3.63, 3.8) is 0 Å². The van der Waals surface area contributed by atoms with Crippen molar-refractivity contribution in [2.24, 2.45) is 11.8 Å². The Morgan fingerprint density at radius 1 is 1.38 bits per heavy atom. The Morgan fingerprint density at radius 3 is 2.48 bits per heavy atom. The first kappa shape index (κ1) is 20.6. The molecule has 1 heterocycles. The Labute approximate surface area is 133 Å². The van der Waals surface area contributed by atoms with Gasteiger partial charge in [0.15, 0.2) is 0 Å². The number of methoxy groups -OCH3 is 1. The number of nitrogens with zero attached hydrogens (tertiary/aromatic N) is 1. The van der Waals surface area contributed by atoms with Crippen molar-refractivity contribution in [3.05, 3.63) is 0 Å². The Kier molecular flexibility index (Phi) is 8.77. The molecular weight excluding hydrogens is 316 g/mol. The van der Waals surface area contributed by atoms with E-state index in [-0.39, 0.29) is 36.7 Å². The average Bonchev–Trinajstić information content (AvgIpc) is 2.69. The SMILES string of the molecule is COCC(=O)N[C@H]1CN(CCS(C)(=O)=O)C[C@@H]1C(C)C.Cl. The molecule has 1 saturated heterocycles. The maximum atomic E-state index is 11.6. The molecule has 0 saturated carbocycles. The maximum Gasteiger partial charge on any atom is 0.246 e. The normalized spacial score (nSPS) is 23.1. The van der Waals surface area contributed by atoms with Crippen LogP contribution in [0, 0.1) is 11.8 Å². The zero-order valence-electron chi connectivity index (χ0n) is 13.2. The van der Waals surface area contributed by atoms with E-state index >= 15 is 0 Å². The van der Waals surface area contributed by atoms with Gasteiger partial charge in [-0.2, -0.15) is 0 Å². The second-order valence-electron chi connectivity index (χ2n) is 5.90. The third kappa shape index (κ3) is 7.44. The van der Waals surface area contributed by atoms with Crippen LogP contribution in [0.25, 0.3) is 0 Å². The number of rotatable bonds is 7. The minimum absolute atomic E-state index is 0. The van der Waals surface area contributed by atoms with Crippen LogP contribution < -0.4 is 5.32 Å². The summed E-state index contributed by atoms with van der Waals surface area (Å²) in [6.07, 6.45) is 1.25. The molecule has 2 atom stereocenters. The quantitative estimate of drug-likeness (QED) is 0.714. The van der Waals surface area contributed by atoms with Crippen LogP contribution in [0.15, 0.2) is 0 Å². The summed E-state index contributed by atoms with van der Waals surface area (Å²) >= 11 is 0. The second-order valence-corrected chi connectivity index (χ2v) is 8.16. The van der Waals surface area contributed by atoms with Gasteiger partial charge in [0.25, 0.3) is 0 Å². The van der Waals surface area contributed by atoms with E-state index in [1.807, 2.05) is 0 Å². The lowest BCUT2D eigenvalue weighted by atomic mass is 9.91. The molecule has 1 aliphatic rings. The predicted molar refractivity (Wildman–Crippen MR) is 85.5 cm³/mol. The summed E-state index contributed by atoms with van der Waals surface area (Å²) in [7, 11) is -1.45. The fourth-order valence-corrected chi connectivity index (χ4v) is 3.19. The lowest BCUT2D eigenvalue weighted by molar-refractivity contribution is -0.125. The Bertz CT molecular complexity index is 428. The number of hydrogen-bond acceptors (Lipinski definition) is 5. The largest absolute Gasteiger partial charge is 0.375 e. The highest BCUT2D eigenvalue weighted by Crippen LogP contribution is 2.24. The van der Waals surface area contributed by atoms with Crippen LogP contribution in [0.4, 0.5) is 0 Å². The van der Waals surface area contributed by atoms with Gasteiger partial charge >= 0.3 is 0 Å². The Hall–Kier alpha value is -0.370. The van der Waals surface area contributed by atoms with Crippen LogP contribution in [-0.4, -0.2) is 70.6 Å². The zero-order chi connectivity index (χ0) is 15.3. The molecule has 0 aromatic carbocycles. The molecule has 6 nitrogen and oxygen atoms in total. The number of amides is 1. The van der Waals surface area contributed by atoms with Gasteiger partial charge in [0, 0.05) is 39.0 Å². The summed E-state index contributed by atoms with van der Waals surface area (Å²) in [5, 5.41) is 2.98. The van der Waals surface area contributed by atoms with Crippen LogP contribution in [0.2, 0.25) is 0 Å². The summed E-state index contributed by atoms with van der Waals surface area (Å²) in [6.45, 7) is 6.36. The molecule has 1 aliphatic heterocycles. The maximum absolute atomic E-state index is 11.6. The van der Waals surface area contributed by atoms with E-state index in [1.165, 1.54) is 13.4 Å². The second kappa shape index (κ2) is 8.92. The molecular formula is C13H27ClN2O4S. The number of ether oxygens (including phenoxy) is 1. The highest BCUT2D eigenvalue weighted by Gasteiger charge is 2.35. The van der Waals surface area contributed by atoms with Crippen molar-refractivity contribution in [2.75, 3.05) is 45.4 Å². The molecule has 126 valence electrons. The first-order chi connectivity index (χ1) is 9.23. The van der Waals surface area contributed by atoms with Crippen molar-refractivity contribution in [1.82, 2.24) is 10.2 Å². The first-order valence-corrected chi connectivity index (χ1v) is 8.97. The van der Waals surface area contributed by atoms with Crippen LogP contribution in [-0.2, 0) is 19.4 Å². The van der Waals surface area contributed by atoms with E-state index in [4.69, 9.17) is 4.74 Å². The van der Waals surface area contributed by atoms with Crippen molar-refractivity contribution in [1.29, 1.82) is 0 Å². The highest BCUT2D eigenvalue weighted by atomic mass is 35.5. The molecule has 0 aromatic rings. The van der Waals surface area contributed by atoms with Gasteiger partial charge in [0.1, 0.15) is 16.4 Å². The van der Waals surface area contributed by atoms with E-state index in [2.05, 4.69) is 24.1 Å². The Balaban J connectivity index is 0.00000400. The van der Waals surface area contributed by atoms with Gasteiger partial charge < -0.3 is 10.1 Å². The molecule has 1 N–H and O–H groups in total. The smallest absolute Gasteiger partial charge is 0.246 e. The minimum atomic E-state index is -2.95. The van der Waals surface area contributed by atoms with E-state index in [0.29, 0.717) is 24.9 Å². The number of likely N-dealkylation sites (tertiary alicyclic amines) is 1. The van der Waals surface area contributed by atoms with Gasteiger partial charge in [-0.3, -0.25) is 9.69 Å². The number of sulfone groups is 1. The molecule has 8 heteroatoms. The van der Waals surface area contributed by atoms with Crippen molar-refractivity contribution < 1.29 is 17.9 Å². The van der Waals surface area contributed by atoms with Crippen molar-refractivity contribution in [2.45, 2.75) is 19.9 Å². The summed E-state index contributed by atoms with van der Waals surface area (Å²) < 4.78 is 27.3. The number of hydrogen-bond donors (Lipinski definition) is 1. The molecule has 1 amide bonds. The average molecular weight is 343 g/mol. The Morgan fingerprint density at radius 2 is 2.00 bits per heavy atom. The van der Waals surface area contributed by atoms with Gasteiger partial charge in [-0.15, -0.1) is 12.4 Å². The van der Waals surface area contributed by atoms with Crippen LogP contribution in [0.1, 0.15) is 13.8 Å². The topological polar surface area (TPSA) is 75.7 Å². The third-order valence-electron chi connectivity index (χ3n) is 3.70. The molecule has 0 bridgehead atoms. The van der Waals surface area contributed by atoms with Crippen LogP contribution in [0.5, 0.6) is 0 Å². The van der Waals surface area contributed by atoms with Gasteiger partial charge in [-0.25, -0.2) is 8.42 Å². The van der Waals surface area contributed by atoms with E-state index in [1.54, 1.807) is 0 Å². The molecule has 0 unspecified atom stereocenters. The van der Waals surface area contributed by atoms with Crippen molar-refractivity contribution >= 4 is 28.2 Å². The van der Waals surface area contributed by atoms with Gasteiger partial charge in [-0.1, -0.05) is 13.8 Å². The molecule has 0 aromatic heterocycles. The number of nitrogens with one attached hydrogen (secondary N) is 1. The molecule has 1 rings (SSSR count). The summed E-state index contributed by atoms with van der Waals surface area (Å²) in [5.41, 5.74) is 0.